The smallest absolute Gasteiger partial charge is 0.326 e. The van der Waals surface area contributed by atoms with Gasteiger partial charge in [-0.2, -0.15) is 0 Å². The van der Waals surface area contributed by atoms with Crippen LogP contribution in [0, 0.1) is 0 Å². The molecule has 1 aromatic rings. The lowest BCUT2D eigenvalue weighted by Crippen LogP contribution is -2.58. The Hall–Kier alpha value is -4.04. The zero-order valence-electron chi connectivity index (χ0n) is 20.2. The molecule has 0 aliphatic heterocycles. The van der Waals surface area contributed by atoms with E-state index in [1.54, 1.807) is 30.3 Å². The highest BCUT2D eigenvalue weighted by Gasteiger charge is 2.32. The SMILES string of the molecule is NCCCCC(N)C(=O)NC(CC(N)=O)C(=O)NC(Cc1ccccc1)C(=O)NC(CC(=O)O)C(=O)O. The van der Waals surface area contributed by atoms with Gasteiger partial charge in [0.05, 0.1) is 18.9 Å². The minimum absolute atomic E-state index is 0.104. The van der Waals surface area contributed by atoms with E-state index in [0.29, 0.717) is 24.9 Å². The Morgan fingerprint density at radius 3 is 1.89 bits per heavy atom. The monoisotopic (exact) mass is 522 g/mol. The first-order chi connectivity index (χ1) is 17.4. The van der Waals surface area contributed by atoms with Gasteiger partial charge in [0.15, 0.2) is 0 Å². The fourth-order valence-corrected chi connectivity index (χ4v) is 3.31. The van der Waals surface area contributed by atoms with Crippen LogP contribution in [0.5, 0.6) is 0 Å². The molecule has 0 spiro atoms. The van der Waals surface area contributed by atoms with Crippen LogP contribution in [0.3, 0.4) is 0 Å². The summed E-state index contributed by atoms with van der Waals surface area (Å²) in [5.41, 5.74) is 17.1. The summed E-state index contributed by atoms with van der Waals surface area (Å²) in [5.74, 6) is -6.58. The number of carbonyl (C=O) groups excluding carboxylic acids is 4. The predicted molar refractivity (Wildman–Crippen MR) is 131 cm³/mol. The minimum Gasteiger partial charge on any atom is -0.481 e. The summed E-state index contributed by atoms with van der Waals surface area (Å²) in [6.45, 7) is 0.418. The maximum atomic E-state index is 13.0. The van der Waals surface area contributed by atoms with Crippen molar-refractivity contribution >= 4 is 35.6 Å². The number of rotatable bonds is 17. The molecule has 0 fully saturated rings. The van der Waals surface area contributed by atoms with E-state index in [4.69, 9.17) is 22.3 Å². The molecular formula is C23H34N6O8. The van der Waals surface area contributed by atoms with Gasteiger partial charge in [-0.25, -0.2) is 4.79 Å². The van der Waals surface area contributed by atoms with Crippen molar-refractivity contribution in [2.45, 2.75) is 62.7 Å². The second-order valence-corrected chi connectivity index (χ2v) is 8.37. The molecule has 204 valence electrons. The normalized spacial score (nSPS) is 13.9. The molecule has 0 saturated carbocycles. The number of hydrogen-bond acceptors (Lipinski definition) is 8. The van der Waals surface area contributed by atoms with Gasteiger partial charge < -0.3 is 43.4 Å². The van der Waals surface area contributed by atoms with Crippen molar-refractivity contribution in [1.29, 1.82) is 0 Å². The van der Waals surface area contributed by atoms with E-state index in [-0.39, 0.29) is 12.8 Å². The van der Waals surface area contributed by atoms with E-state index in [1.165, 1.54) is 0 Å². The summed E-state index contributed by atoms with van der Waals surface area (Å²) < 4.78 is 0. The lowest BCUT2D eigenvalue weighted by Gasteiger charge is -2.24. The number of hydrogen-bond donors (Lipinski definition) is 8. The third kappa shape index (κ3) is 12.0. The van der Waals surface area contributed by atoms with Crippen LogP contribution in [-0.2, 0) is 35.2 Å². The molecule has 4 unspecified atom stereocenters. The van der Waals surface area contributed by atoms with Gasteiger partial charge in [-0.1, -0.05) is 36.8 Å². The van der Waals surface area contributed by atoms with Crippen molar-refractivity contribution in [1.82, 2.24) is 16.0 Å². The van der Waals surface area contributed by atoms with Gasteiger partial charge in [-0.05, 0) is 24.9 Å². The summed E-state index contributed by atoms with van der Waals surface area (Å²) in [5, 5.41) is 25.0. The average molecular weight is 523 g/mol. The minimum atomic E-state index is -1.76. The molecule has 11 N–H and O–H groups in total. The maximum Gasteiger partial charge on any atom is 0.326 e. The number of nitrogens with two attached hydrogens (primary N) is 3. The first-order valence-electron chi connectivity index (χ1n) is 11.6. The molecule has 0 radical (unpaired) electrons. The zero-order valence-corrected chi connectivity index (χ0v) is 20.2. The highest BCUT2D eigenvalue weighted by Crippen LogP contribution is 2.07. The van der Waals surface area contributed by atoms with Crippen LogP contribution in [0.2, 0.25) is 0 Å². The highest BCUT2D eigenvalue weighted by molar-refractivity contribution is 5.96. The topological polar surface area (TPSA) is 257 Å². The van der Waals surface area contributed by atoms with Gasteiger partial charge in [-0.3, -0.25) is 24.0 Å². The van der Waals surface area contributed by atoms with Gasteiger partial charge in [0.1, 0.15) is 18.1 Å². The second-order valence-electron chi connectivity index (χ2n) is 8.37. The lowest BCUT2D eigenvalue weighted by molar-refractivity contribution is -0.147. The Kier molecular flexibility index (Phi) is 13.3. The molecule has 14 nitrogen and oxygen atoms in total. The Labute approximate surface area is 213 Å². The molecule has 4 atom stereocenters. The van der Waals surface area contributed by atoms with Crippen LogP contribution in [0.15, 0.2) is 30.3 Å². The van der Waals surface area contributed by atoms with Gasteiger partial charge in [-0.15, -0.1) is 0 Å². The Morgan fingerprint density at radius 2 is 1.35 bits per heavy atom. The van der Waals surface area contributed by atoms with Gasteiger partial charge >= 0.3 is 11.9 Å². The van der Waals surface area contributed by atoms with Crippen LogP contribution < -0.4 is 33.2 Å². The van der Waals surface area contributed by atoms with Crippen molar-refractivity contribution in [2.24, 2.45) is 17.2 Å². The summed E-state index contributed by atoms with van der Waals surface area (Å²) >= 11 is 0. The lowest BCUT2D eigenvalue weighted by atomic mass is 10.0. The number of primary amides is 1. The van der Waals surface area contributed by atoms with E-state index in [9.17, 15) is 33.9 Å². The molecule has 1 aromatic carbocycles. The molecule has 4 amide bonds. The van der Waals surface area contributed by atoms with E-state index < -0.39 is 72.6 Å². The second kappa shape index (κ2) is 15.9. The summed E-state index contributed by atoms with van der Waals surface area (Å²) in [6.07, 6.45) is -0.0976. The Bertz CT molecular complexity index is 958. The van der Waals surface area contributed by atoms with Crippen molar-refractivity contribution in [3.63, 3.8) is 0 Å². The van der Waals surface area contributed by atoms with Crippen molar-refractivity contribution in [3.8, 4) is 0 Å². The summed E-state index contributed by atoms with van der Waals surface area (Å²) in [4.78, 5) is 72.3. The molecule has 0 saturated heterocycles. The van der Waals surface area contributed by atoms with Crippen molar-refractivity contribution in [3.05, 3.63) is 35.9 Å². The standard InChI is InChI=1S/C23H34N6O8/c24-9-5-4-8-14(25)20(33)27-16(11-18(26)30)22(35)28-15(10-13-6-2-1-3-7-13)21(34)29-17(23(36)37)12-19(31)32/h1-3,6-7,14-17H,4-5,8-12,24-25H2,(H2,26,30)(H,27,33)(H,28,35)(H,29,34)(H,31,32)(H,36,37). The average Bonchev–Trinajstić information content (AvgIpc) is 2.82. The first-order valence-corrected chi connectivity index (χ1v) is 11.6. The van der Waals surface area contributed by atoms with Crippen LogP contribution >= 0.6 is 0 Å². The van der Waals surface area contributed by atoms with Crippen LogP contribution in [0.25, 0.3) is 0 Å². The van der Waals surface area contributed by atoms with Crippen molar-refractivity contribution in [2.75, 3.05) is 6.54 Å². The highest BCUT2D eigenvalue weighted by atomic mass is 16.4. The van der Waals surface area contributed by atoms with E-state index in [1.807, 2.05) is 0 Å². The van der Waals surface area contributed by atoms with E-state index in [2.05, 4.69) is 16.0 Å². The fraction of sp³-hybridized carbons (Fsp3) is 0.478. The number of carbonyl (C=O) groups is 6. The molecule has 37 heavy (non-hydrogen) atoms. The largest absolute Gasteiger partial charge is 0.481 e. The predicted octanol–water partition coefficient (Wildman–Crippen LogP) is -2.43. The molecule has 0 aromatic heterocycles. The quantitative estimate of drug-likeness (QED) is 0.100. The van der Waals surface area contributed by atoms with Crippen LogP contribution in [0.4, 0.5) is 0 Å². The number of carboxylic acids is 2. The Balaban J connectivity index is 3.09. The van der Waals surface area contributed by atoms with Crippen LogP contribution in [-0.4, -0.2) is 76.5 Å². The molecule has 0 aliphatic carbocycles. The zero-order chi connectivity index (χ0) is 28.0. The number of aliphatic carboxylic acids is 2. The van der Waals surface area contributed by atoms with Crippen LogP contribution in [0.1, 0.15) is 37.7 Å². The third-order valence-corrected chi connectivity index (χ3v) is 5.25. The van der Waals surface area contributed by atoms with Crippen molar-refractivity contribution < 1.29 is 39.0 Å². The van der Waals surface area contributed by atoms with E-state index >= 15 is 0 Å². The maximum absolute atomic E-state index is 13.0. The number of nitrogens with one attached hydrogen (secondary N) is 3. The molecule has 14 heteroatoms. The Morgan fingerprint density at radius 1 is 0.784 bits per heavy atom. The number of amides is 4. The summed E-state index contributed by atoms with van der Waals surface area (Å²) in [7, 11) is 0. The number of benzene rings is 1. The first kappa shape index (κ1) is 31.0. The van der Waals surface area contributed by atoms with Gasteiger partial charge in [0.2, 0.25) is 23.6 Å². The van der Waals surface area contributed by atoms with Gasteiger partial charge in [0.25, 0.3) is 0 Å². The number of unbranched alkanes of at least 4 members (excludes halogenated alkanes) is 1. The molecule has 0 heterocycles. The molecule has 1 rings (SSSR count). The fourth-order valence-electron chi connectivity index (χ4n) is 3.31. The van der Waals surface area contributed by atoms with E-state index in [0.717, 1.165) is 0 Å². The third-order valence-electron chi connectivity index (χ3n) is 5.25. The molecular weight excluding hydrogens is 488 g/mol. The van der Waals surface area contributed by atoms with Gasteiger partial charge in [0, 0.05) is 6.42 Å². The molecule has 0 aliphatic rings. The summed E-state index contributed by atoms with van der Waals surface area (Å²) in [6, 6.07) is 2.81. The number of carboxylic acid groups (broad SMARTS) is 2. The molecule has 0 bridgehead atoms.